The number of hydrogen-bond acceptors (Lipinski definition) is 7. The number of rotatable bonds is 8. The van der Waals surface area contributed by atoms with Crippen molar-refractivity contribution in [3.8, 4) is 5.75 Å². The van der Waals surface area contributed by atoms with Crippen molar-refractivity contribution in [3.63, 3.8) is 0 Å². The molecule has 2 aromatic heterocycles. The molecule has 1 saturated heterocycles. The lowest BCUT2D eigenvalue weighted by Crippen LogP contribution is -2.46. The number of aromatic nitrogens is 2. The van der Waals surface area contributed by atoms with Gasteiger partial charge in [-0.15, -0.1) is 11.3 Å². The van der Waals surface area contributed by atoms with Crippen LogP contribution in [0.4, 0.5) is 0 Å². The van der Waals surface area contributed by atoms with Crippen LogP contribution in [-0.2, 0) is 20.9 Å². The predicted octanol–water partition coefficient (Wildman–Crippen LogP) is 3.59. The number of methoxy groups -OCH3 is 1. The molecular weight excluding hydrogens is 442 g/mol. The number of benzene rings is 1. The Labute approximate surface area is 195 Å². The van der Waals surface area contributed by atoms with Crippen LogP contribution in [0.1, 0.15) is 49.9 Å². The number of piperidine rings is 1. The molecule has 3 aromatic rings. The highest BCUT2D eigenvalue weighted by molar-refractivity contribution is 7.15. The molecule has 0 unspecified atom stereocenters. The minimum Gasteiger partial charge on any atom is -0.497 e. The molecule has 1 amide bonds. The van der Waals surface area contributed by atoms with Crippen molar-refractivity contribution < 1.29 is 19.1 Å². The van der Waals surface area contributed by atoms with Gasteiger partial charge in [-0.25, -0.2) is 4.98 Å². The van der Waals surface area contributed by atoms with Crippen molar-refractivity contribution in [2.75, 3.05) is 13.7 Å². The van der Waals surface area contributed by atoms with Crippen LogP contribution in [0.5, 0.6) is 5.75 Å². The maximum atomic E-state index is 13.2. The molecule has 174 valence electrons. The lowest BCUT2D eigenvalue weighted by atomic mass is 9.84. The molecule has 1 aliphatic heterocycles. The summed E-state index contributed by atoms with van der Waals surface area (Å²) in [4.78, 5) is 45.0. The highest BCUT2D eigenvalue weighted by Gasteiger charge is 2.41. The number of fused-ring (bicyclic) bond motifs is 1. The molecule has 1 aliphatic rings. The summed E-state index contributed by atoms with van der Waals surface area (Å²) in [7, 11) is 1.60. The largest absolute Gasteiger partial charge is 0.497 e. The van der Waals surface area contributed by atoms with E-state index in [0.717, 1.165) is 18.4 Å². The normalized spacial score (nSPS) is 18.5. The van der Waals surface area contributed by atoms with E-state index in [1.807, 2.05) is 29.2 Å². The number of unbranched alkanes of at least 4 members (excludes halogenated alkanes) is 1. The fourth-order valence-corrected chi connectivity index (χ4v) is 4.96. The molecule has 0 radical (unpaired) electrons. The quantitative estimate of drug-likeness (QED) is 0.469. The van der Waals surface area contributed by atoms with Crippen LogP contribution in [0.15, 0.2) is 46.7 Å². The van der Waals surface area contributed by atoms with E-state index < -0.39 is 17.9 Å². The van der Waals surface area contributed by atoms with Gasteiger partial charge in [-0.1, -0.05) is 25.5 Å². The first-order chi connectivity index (χ1) is 16.0. The third-order valence-electron chi connectivity index (χ3n) is 5.94. The summed E-state index contributed by atoms with van der Waals surface area (Å²) >= 11 is 1.34. The molecule has 4 rings (SSSR count). The molecule has 0 aliphatic carbocycles. The molecule has 0 N–H and O–H groups in total. The number of hydrogen-bond donors (Lipinski definition) is 0. The second-order valence-corrected chi connectivity index (χ2v) is 8.93. The van der Waals surface area contributed by atoms with Gasteiger partial charge in [0.2, 0.25) is 5.91 Å². The molecule has 0 saturated carbocycles. The lowest BCUT2D eigenvalue weighted by Gasteiger charge is -2.40. The topological polar surface area (TPSA) is 90.2 Å². The number of carbonyl (C=O) groups excluding carboxylic acids is 2. The summed E-state index contributed by atoms with van der Waals surface area (Å²) in [5.74, 6) is -0.134. The molecule has 2 atom stereocenters. The van der Waals surface area contributed by atoms with Crippen molar-refractivity contribution in [2.24, 2.45) is 5.92 Å². The molecular formula is C24H27N3O5S. The van der Waals surface area contributed by atoms with Crippen molar-refractivity contribution in [2.45, 2.75) is 45.3 Å². The smallest absolute Gasteiger partial charge is 0.311 e. The molecule has 9 heteroatoms. The Balaban J connectivity index is 1.57. The van der Waals surface area contributed by atoms with Crippen LogP contribution in [-0.4, -0.2) is 39.8 Å². The minimum absolute atomic E-state index is 0.0474. The van der Waals surface area contributed by atoms with Gasteiger partial charge in [0.05, 0.1) is 24.8 Å². The van der Waals surface area contributed by atoms with Crippen LogP contribution >= 0.6 is 11.3 Å². The van der Waals surface area contributed by atoms with E-state index in [0.29, 0.717) is 35.8 Å². The highest BCUT2D eigenvalue weighted by Crippen LogP contribution is 2.38. The van der Waals surface area contributed by atoms with Crippen LogP contribution in [0.2, 0.25) is 0 Å². The first-order valence-corrected chi connectivity index (χ1v) is 12.0. The number of esters is 1. The SMILES string of the molecule is CCCCN1C(=O)CC[C@H](C(=O)OCc2cc(=O)n3ccsc3n2)[C@@H]1c1ccc(OC)cc1. The predicted molar refractivity (Wildman–Crippen MR) is 124 cm³/mol. The van der Waals surface area contributed by atoms with Crippen LogP contribution in [0.25, 0.3) is 4.96 Å². The maximum Gasteiger partial charge on any atom is 0.311 e. The zero-order valence-corrected chi connectivity index (χ0v) is 19.5. The van der Waals surface area contributed by atoms with E-state index in [2.05, 4.69) is 11.9 Å². The summed E-state index contributed by atoms with van der Waals surface area (Å²) in [5.41, 5.74) is 1.07. The molecule has 0 bridgehead atoms. The average molecular weight is 470 g/mol. The van der Waals surface area contributed by atoms with E-state index in [9.17, 15) is 14.4 Å². The van der Waals surface area contributed by atoms with E-state index in [1.165, 1.54) is 21.8 Å². The maximum absolute atomic E-state index is 13.2. The minimum atomic E-state index is -0.500. The van der Waals surface area contributed by atoms with Gasteiger partial charge in [-0.3, -0.25) is 18.8 Å². The number of likely N-dealkylation sites (tertiary alicyclic amines) is 1. The lowest BCUT2D eigenvalue weighted by molar-refractivity contribution is -0.158. The standard InChI is InChI=1S/C24H27N3O5S/c1-3-4-11-26-20(28)10-9-19(22(26)16-5-7-18(31-2)8-6-16)23(30)32-15-17-14-21(29)27-12-13-33-24(27)25-17/h5-8,12-14,19,22H,3-4,9-11,15H2,1-2H3/t19-,22-/m0/s1. The number of thiazole rings is 1. The van der Waals surface area contributed by atoms with Gasteiger partial charge in [0.15, 0.2) is 4.96 Å². The van der Waals surface area contributed by atoms with Gasteiger partial charge in [0, 0.05) is 30.6 Å². The summed E-state index contributed by atoms with van der Waals surface area (Å²) < 4.78 is 12.3. The Morgan fingerprint density at radius 3 is 2.76 bits per heavy atom. The summed E-state index contributed by atoms with van der Waals surface area (Å²) in [6, 6.07) is 8.44. The molecule has 33 heavy (non-hydrogen) atoms. The van der Waals surface area contributed by atoms with Gasteiger partial charge >= 0.3 is 5.97 Å². The summed E-state index contributed by atoms with van der Waals surface area (Å²) in [6.45, 7) is 2.57. The highest BCUT2D eigenvalue weighted by atomic mass is 32.1. The number of ether oxygens (including phenoxy) is 2. The zero-order chi connectivity index (χ0) is 23.4. The first-order valence-electron chi connectivity index (χ1n) is 11.1. The van der Waals surface area contributed by atoms with Gasteiger partial charge < -0.3 is 14.4 Å². The van der Waals surface area contributed by atoms with Crippen molar-refractivity contribution in [3.05, 3.63) is 63.5 Å². The van der Waals surface area contributed by atoms with Crippen LogP contribution in [0.3, 0.4) is 0 Å². The van der Waals surface area contributed by atoms with Crippen molar-refractivity contribution in [1.29, 1.82) is 0 Å². The fourth-order valence-electron chi connectivity index (χ4n) is 4.22. The van der Waals surface area contributed by atoms with Crippen LogP contribution < -0.4 is 10.3 Å². The van der Waals surface area contributed by atoms with E-state index >= 15 is 0 Å². The van der Waals surface area contributed by atoms with Gasteiger partial charge in [-0.2, -0.15) is 0 Å². The Morgan fingerprint density at radius 1 is 1.24 bits per heavy atom. The number of carbonyl (C=O) groups is 2. The first kappa shape index (κ1) is 23.0. The summed E-state index contributed by atoms with van der Waals surface area (Å²) in [5, 5.41) is 1.78. The number of amides is 1. The molecule has 0 spiro atoms. The molecule has 3 heterocycles. The monoisotopic (exact) mass is 469 g/mol. The van der Waals surface area contributed by atoms with Gasteiger partial charge in [0.1, 0.15) is 12.4 Å². The van der Waals surface area contributed by atoms with Gasteiger partial charge in [-0.05, 0) is 30.5 Å². The molecule has 1 aromatic carbocycles. The second-order valence-electron chi connectivity index (χ2n) is 8.05. The van der Waals surface area contributed by atoms with Crippen molar-refractivity contribution in [1.82, 2.24) is 14.3 Å². The third-order valence-corrected chi connectivity index (χ3v) is 6.69. The van der Waals surface area contributed by atoms with Crippen molar-refractivity contribution >= 4 is 28.2 Å². The number of nitrogens with zero attached hydrogens (tertiary/aromatic N) is 3. The summed E-state index contributed by atoms with van der Waals surface area (Å²) in [6.07, 6.45) is 4.18. The van der Waals surface area contributed by atoms with Crippen LogP contribution in [0, 0.1) is 5.92 Å². The second kappa shape index (κ2) is 10.2. The average Bonchev–Trinajstić information content (AvgIpc) is 3.31. The van der Waals surface area contributed by atoms with Gasteiger partial charge in [0.25, 0.3) is 5.56 Å². The van der Waals surface area contributed by atoms with E-state index in [-0.39, 0.29) is 18.1 Å². The Kier molecular flexibility index (Phi) is 7.08. The van der Waals surface area contributed by atoms with E-state index in [4.69, 9.17) is 9.47 Å². The third kappa shape index (κ3) is 4.93. The Morgan fingerprint density at radius 2 is 2.03 bits per heavy atom. The van der Waals surface area contributed by atoms with E-state index in [1.54, 1.807) is 18.7 Å². The molecule has 8 nitrogen and oxygen atoms in total. The molecule has 1 fully saturated rings. The zero-order valence-electron chi connectivity index (χ0n) is 18.7. The fraction of sp³-hybridized carbons (Fsp3) is 0.417. The Hall–Kier alpha value is -3.20. The Bertz CT molecular complexity index is 1190.